The lowest BCUT2D eigenvalue weighted by Gasteiger charge is -2.31. The van der Waals surface area contributed by atoms with Crippen LogP contribution >= 0.6 is 0 Å². The first-order valence-corrected chi connectivity index (χ1v) is 7.06. The van der Waals surface area contributed by atoms with Crippen LogP contribution in [0.25, 0.3) is 0 Å². The van der Waals surface area contributed by atoms with Crippen molar-refractivity contribution in [3.8, 4) is 0 Å². The van der Waals surface area contributed by atoms with Gasteiger partial charge < -0.3 is 15.0 Å². The van der Waals surface area contributed by atoms with Gasteiger partial charge in [0.2, 0.25) is 0 Å². The van der Waals surface area contributed by atoms with Gasteiger partial charge in [0.1, 0.15) is 6.10 Å². The van der Waals surface area contributed by atoms with E-state index in [1.54, 1.807) is 0 Å². The zero-order chi connectivity index (χ0) is 13.1. The molecule has 0 aromatic heterocycles. The highest BCUT2D eigenvalue weighted by molar-refractivity contribution is 5.68. The number of hydrogen-bond acceptors (Lipinski definition) is 3. The molecule has 102 valence electrons. The van der Waals surface area contributed by atoms with Gasteiger partial charge >= 0.3 is 6.09 Å². The van der Waals surface area contributed by atoms with Crippen molar-refractivity contribution < 1.29 is 9.53 Å². The largest absolute Gasteiger partial charge is 0.446 e. The molecule has 4 heteroatoms. The number of rotatable bonds is 1. The Balaban J connectivity index is 1.59. The molecule has 1 N–H and O–H groups in total. The number of carbonyl (C=O) groups excluding carboxylic acids is 1. The van der Waals surface area contributed by atoms with Crippen molar-refractivity contribution in [2.24, 2.45) is 0 Å². The summed E-state index contributed by atoms with van der Waals surface area (Å²) in [6, 6.07) is 8.33. The molecule has 1 aromatic carbocycles. The number of nitrogens with zero attached hydrogens (tertiary/aromatic N) is 1. The minimum Gasteiger partial charge on any atom is -0.446 e. The maximum atomic E-state index is 12.2. The smallest absolute Gasteiger partial charge is 0.410 e. The molecule has 0 aliphatic carbocycles. The van der Waals surface area contributed by atoms with Crippen molar-refractivity contribution in [2.75, 3.05) is 19.6 Å². The lowest BCUT2D eigenvalue weighted by atomic mass is 10.0. The topological polar surface area (TPSA) is 41.6 Å². The predicted molar refractivity (Wildman–Crippen MR) is 72.9 cm³/mol. The molecule has 1 aromatic rings. The highest BCUT2D eigenvalue weighted by Gasteiger charge is 2.24. The van der Waals surface area contributed by atoms with Crippen LogP contribution in [0.15, 0.2) is 24.3 Å². The molecular formula is C15H20N2O2. The SMILES string of the molecule is O=C(OC1CCNCC1)N1CCc2ccccc2C1. The minimum absolute atomic E-state index is 0.0888. The summed E-state index contributed by atoms with van der Waals surface area (Å²) in [7, 11) is 0. The molecule has 3 rings (SSSR count). The summed E-state index contributed by atoms with van der Waals surface area (Å²) in [5.41, 5.74) is 2.60. The highest BCUT2D eigenvalue weighted by atomic mass is 16.6. The summed E-state index contributed by atoms with van der Waals surface area (Å²) in [4.78, 5) is 14.0. The van der Waals surface area contributed by atoms with Crippen LogP contribution in [0.1, 0.15) is 24.0 Å². The fraction of sp³-hybridized carbons (Fsp3) is 0.533. The average molecular weight is 260 g/mol. The van der Waals surface area contributed by atoms with Crippen molar-refractivity contribution >= 4 is 6.09 Å². The normalized spacial score (nSPS) is 19.9. The van der Waals surface area contributed by atoms with Crippen LogP contribution in [0.2, 0.25) is 0 Å². The Labute approximate surface area is 113 Å². The van der Waals surface area contributed by atoms with Crippen molar-refractivity contribution in [1.29, 1.82) is 0 Å². The maximum absolute atomic E-state index is 12.2. The fourth-order valence-electron chi connectivity index (χ4n) is 2.78. The van der Waals surface area contributed by atoms with E-state index >= 15 is 0 Å². The Morgan fingerprint density at radius 3 is 2.74 bits per heavy atom. The Kier molecular flexibility index (Phi) is 3.69. The lowest BCUT2D eigenvalue weighted by molar-refractivity contribution is 0.0460. The number of hydrogen-bond donors (Lipinski definition) is 1. The molecule has 1 fully saturated rings. The Morgan fingerprint density at radius 2 is 1.95 bits per heavy atom. The number of amides is 1. The van der Waals surface area contributed by atoms with Gasteiger partial charge in [-0.1, -0.05) is 24.3 Å². The lowest BCUT2D eigenvalue weighted by Crippen LogP contribution is -2.40. The molecule has 0 unspecified atom stereocenters. The molecule has 0 atom stereocenters. The third kappa shape index (κ3) is 2.89. The van der Waals surface area contributed by atoms with Crippen LogP contribution in [0.5, 0.6) is 0 Å². The molecule has 1 amide bonds. The van der Waals surface area contributed by atoms with Gasteiger partial charge in [-0.15, -0.1) is 0 Å². The second-order valence-electron chi connectivity index (χ2n) is 5.27. The summed E-state index contributed by atoms with van der Waals surface area (Å²) >= 11 is 0. The average Bonchev–Trinajstić information content (AvgIpc) is 2.48. The van der Waals surface area contributed by atoms with E-state index in [2.05, 4.69) is 23.5 Å². The van der Waals surface area contributed by atoms with E-state index in [0.717, 1.165) is 38.9 Å². The van der Waals surface area contributed by atoms with Crippen molar-refractivity contribution in [1.82, 2.24) is 10.2 Å². The van der Waals surface area contributed by atoms with E-state index in [1.807, 2.05) is 11.0 Å². The molecule has 0 bridgehead atoms. The van der Waals surface area contributed by atoms with E-state index in [0.29, 0.717) is 6.54 Å². The zero-order valence-electron chi connectivity index (χ0n) is 11.1. The third-order valence-electron chi connectivity index (χ3n) is 3.94. The first-order chi connectivity index (χ1) is 9.33. The van der Waals surface area contributed by atoms with E-state index in [4.69, 9.17) is 4.74 Å². The predicted octanol–water partition coefficient (Wildman–Crippen LogP) is 1.93. The maximum Gasteiger partial charge on any atom is 0.410 e. The van der Waals surface area contributed by atoms with E-state index in [-0.39, 0.29) is 12.2 Å². The molecule has 2 heterocycles. The summed E-state index contributed by atoms with van der Waals surface area (Å²) in [6.07, 6.45) is 2.72. The second-order valence-corrected chi connectivity index (χ2v) is 5.27. The Morgan fingerprint density at radius 1 is 1.21 bits per heavy atom. The zero-order valence-corrected chi connectivity index (χ0v) is 11.1. The van der Waals surface area contributed by atoms with Gasteiger partial charge in [0.05, 0.1) is 0 Å². The summed E-state index contributed by atoms with van der Waals surface area (Å²) in [5, 5.41) is 3.28. The van der Waals surface area contributed by atoms with E-state index in [9.17, 15) is 4.79 Å². The van der Waals surface area contributed by atoms with Gasteiger partial charge in [0.25, 0.3) is 0 Å². The summed E-state index contributed by atoms with van der Waals surface area (Å²) in [5.74, 6) is 0. The molecule has 4 nitrogen and oxygen atoms in total. The van der Waals surface area contributed by atoms with Gasteiger partial charge in [-0.3, -0.25) is 0 Å². The van der Waals surface area contributed by atoms with E-state index in [1.165, 1.54) is 11.1 Å². The molecule has 1 saturated heterocycles. The Bertz CT molecular complexity index is 455. The molecule has 0 saturated carbocycles. The molecule has 19 heavy (non-hydrogen) atoms. The number of ether oxygens (including phenoxy) is 1. The molecule has 2 aliphatic heterocycles. The second kappa shape index (κ2) is 5.61. The number of carbonyl (C=O) groups is 1. The highest BCUT2D eigenvalue weighted by Crippen LogP contribution is 2.20. The summed E-state index contributed by atoms with van der Waals surface area (Å²) in [6.45, 7) is 3.34. The fourth-order valence-corrected chi connectivity index (χ4v) is 2.78. The third-order valence-corrected chi connectivity index (χ3v) is 3.94. The van der Waals surface area contributed by atoms with Crippen molar-refractivity contribution in [3.05, 3.63) is 35.4 Å². The first kappa shape index (κ1) is 12.5. The molecule has 2 aliphatic rings. The van der Waals surface area contributed by atoms with Gasteiger partial charge in [0, 0.05) is 13.1 Å². The molecular weight excluding hydrogens is 240 g/mol. The quantitative estimate of drug-likeness (QED) is 0.839. The number of benzene rings is 1. The number of nitrogens with one attached hydrogen (secondary N) is 1. The van der Waals surface area contributed by atoms with Crippen LogP contribution in [0, 0.1) is 0 Å². The number of piperidine rings is 1. The van der Waals surface area contributed by atoms with Crippen molar-refractivity contribution in [2.45, 2.75) is 31.9 Å². The number of fused-ring (bicyclic) bond motifs is 1. The van der Waals surface area contributed by atoms with E-state index < -0.39 is 0 Å². The molecule has 0 spiro atoms. The van der Waals surface area contributed by atoms with Gasteiger partial charge in [0.15, 0.2) is 0 Å². The van der Waals surface area contributed by atoms with Crippen LogP contribution in [-0.2, 0) is 17.7 Å². The standard InChI is InChI=1S/C15H20N2O2/c18-15(19-14-5-8-16-9-6-14)17-10-7-12-3-1-2-4-13(12)11-17/h1-4,14,16H,5-11H2. The summed E-state index contributed by atoms with van der Waals surface area (Å²) < 4.78 is 5.59. The Hall–Kier alpha value is -1.55. The van der Waals surface area contributed by atoms with Crippen LogP contribution in [0.4, 0.5) is 4.79 Å². The van der Waals surface area contributed by atoms with Gasteiger partial charge in [-0.25, -0.2) is 4.79 Å². The van der Waals surface area contributed by atoms with Crippen LogP contribution < -0.4 is 5.32 Å². The van der Waals surface area contributed by atoms with Gasteiger partial charge in [-0.2, -0.15) is 0 Å². The first-order valence-electron chi connectivity index (χ1n) is 7.06. The van der Waals surface area contributed by atoms with Crippen molar-refractivity contribution in [3.63, 3.8) is 0 Å². The molecule has 0 radical (unpaired) electrons. The van der Waals surface area contributed by atoms with Gasteiger partial charge in [-0.05, 0) is 43.5 Å². The monoisotopic (exact) mass is 260 g/mol. The minimum atomic E-state index is -0.151. The van der Waals surface area contributed by atoms with Crippen LogP contribution in [-0.4, -0.2) is 36.7 Å². The van der Waals surface area contributed by atoms with Crippen LogP contribution in [0.3, 0.4) is 0 Å².